The quantitative estimate of drug-likeness (QED) is 0.860. The Balaban J connectivity index is 2.33. The van der Waals surface area contributed by atoms with Gasteiger partial charge in [0.05, 0.1) is 11.4 Å². The van der Waals surface area contributed by atoms with E-state index in [1.54, 1.807) is 18.2 Å². The monoisotopic (exact) mass is 271 g/mol. The van der Waals surface area contributed by atoms with Crippen molar-refractivity contribution in [3.8, 4) is 0 Å². The molecule has 0 amide bonds. The van der Waals surface area contributed by atoms with Crippen molar-refractivity contribution in [1.29, 1.82) is 0 Å². The van der Waals surface area contributed by atoms with E-state index in [1.165, 1.54) is 0 Å². The van der Waals surface area contributed by atoms with Gasteiger partial charge in [-0.3, -0.25) is 5.10 Å². The van der Waals surface area contributed by atoms with E-state index < -0.39 is 10.0 Å². The normalized spacial score (nSPS) is 16.4. The molecule has 0 aliphatic heterocycles. The van der Waals surface area contributed by atoms with Crippen LogP contribution in [0.15, 0.2) is 4.90 Å². The van der Waals surface area contributed by atoms with E-state index in [0.717, 1.165) is 25.7 Å². The van der Waals surface area contributed by atoms with Crippen molar-refractivity contribution < 1.29 is 8.42 Å². The summed E-state index contributed by atoms with van der Waals surface area (Å²) < 4.78 is 27.0. The molecule has 1 saturated carbocycles. The molecule has 18 heavy (non-hydrogen) atoms. The Labute approximate surface area is 109 Å². The van der Waals surface area contributed by atoms with Gasteiger partial charge in [-0.15, -0.1) is 0 Å². The van der Waals surface area contributed by atoms with Gasteiger partial charge in [0, 0.05) is 12.6 Å². The Kier molecular flexibility index (Phi) is 3.77. The van der Waals surface area contributed by atoms with Crippen molar-refractivity contribution in [2.24, 2.45) is 0 Å². The minimum Gasteiger partial charge on any atom is -0.281 e. The summed E-state index contributed by atoms with van der Waals surface area (Å²) in [4.78, 5) is 0.366. The zero-order valence-electron chi connectivity index (χ0n) is 11.2. The predicted molar refractivity (Wildman–Crippen MR) is 69.9 cm³/mol. The maximum absolute atomic E-state index is 12.7. The highest BCUT2D eigenvalue weighted by Crippen LogP contribution is 2.33. The summed E-state index contributed by atoms with van der Waals surface area (Å²) in [5.74, 6) is 0. The highest BCUT2D eigenvalue weighted by molar-refractivity contribution is 7.89. The van der Waals surface area contributed by atoms with Crippen LogP contribution in [-0.4, -0.2) is 35.5 Å². The van der Waals surface area contributed by atoms with E-state index >= 15 is 0 Å². The first kappa shape index (κ1) is 13.5. The van der Waals surface area contributed by atoms with Crippen molar-refractivity contribution in [3.63, 3.8) is 0 Å². The number of hydrogen-bond donors (Lipinski definition) is 1. The molecular formula is C12H21N3O2S. The second kappa shape index (κ2) is 5.01. The zero-order chi connectivity index (χ0) is 13.3. The third-order valence-corrected chi connectivity index (χ3v) is 5.53. The third-order valence-electron chi connectivity index (χ3n) is 3.31. The highest BCUT2D eigenvalue weighted by Gasteiger charge is 2.39. The summed E-state index contributed by atoms with van der Waals surface area (Å²) in [7, 11) is -3.39. The van der Waals surface area contributed by atoms with E-state index in [2.05, 4.69) is 17.1 Å². The molecule has 1 aliphatic rings. The number of hydrogen-bond acceptors (Lipinski definition) is 3. The van der Waals surface area contributed by atoms with Crippen LogP contribution in [0.3, 0.4) is 0 Å². The van der Waals surface area contributed by atoms with E-state index in [1.807, 2.05) is 0 Å². The lowest BCUT2D eigenvalue weighted by Crippen LogP contribution is -2.34. The molecule has 0 aromatic carbocycles. The van der Waals surface area contributed by atoms with E-state index in [4.69, 9.17) is 0 Å². The van der Waals surface area contributed by atoms with Crippen molar-refractivity contribution in [2.75, 3.05) is 6.54 Å². The molecular weight excluding hydrogens is 250 g/mol. The van der Waals surface area contributed by atoms with Crippen molar-refractivity contribution in [3.05, 3.63) is 11.4 Å². The molecule has 1 fully saturated rings. The number of nitrogens with zero attached hydrogens (tertiary/aromatic N) is 2. The van der Waals surface area contributed by atoms with Gasteiger partial charge in [0.15, 0.2) is 0 Å². The van der Waals surface area contributed by atoms with Crippen LogP contribution in [-0.2, 0) is 10.0 Å². The van der Waals surface area contributed by atoms with Crippen LogP contribution in [0.25, 0.3) is 0 Å². The molecule has 1 aliphatic carbocycles. The van der Waals surface area contributed by atoms with Crippen molar-refractivity contribution >= 4 is 10.0 Å². The van der Waals surface area contributed by atoms with Crippen LogP contribution in [0, 0.1) is 13.8 Å². The highest BCUT2D eigenvalue weighted by atomic mass is 32.2. The maximum atomic E-state index is 12.7. The van der Waals surface area contributed by atoms with Gasteiger partial charge >= 0.3 is 0 Å². The lowest BCUT2D eigenvalue weighted by atomic mass is 10.3. The fraction of sp³-hybridized carbons (Fsp3) is 0.750. The van der Waals surface area contributed by atoms with Crippen LogP contribution in [0.5, 0.6) is 0 Å². The first-order chi connectivity index (χ1) is 8.48. The van der Waals surface area contributed by atoms with Crippen LogP contribution >= 0.6 is 0 Å². The van der Waals surface area contributed by atoms with Gasteiger partial charge in [-0.2, -0.15) is 9.40 Å². The second-order valence-electron chi connectivity index (χ2n) is 4.96. The lowest BCUT2D eigenvalue weighted by molar-refractivity contribution is 0.395. The molecule has 0 saturated heterocycles. The average Bonchev–Trinajstić information content (AvgIpc) is 3.05. The Bertz CT molecular complexity index is 498. The molecule has 2 rings (SSSR count). The van der Waals surface area contributed by atoms with Crippen molar-refractivity contribution in [2.45, 2.75) is 57.4 Å². The molecule has 0 spiro atoms. The summed E-state index contributed by atoms with van der Waals surface area (Å²) in [6, 6.07) is 0.204. The van der Waals surface area contributed by atoms with Crippen molar-refractivity contribution in [1.82, 2.24) is 14.5 Å². The van der Waals surface area contributed by atoms with Crippen LogP contribution in [0.2, 0.25) is 0 Å². The van der Waals surface area contributed by atoms with E-state index in [0.29, 0.717) is 22.8 Å². The van der Waals surface area contributed by atoms with Gasteiger partial charge in [-0.25, -0.2) is 8.42 Å². The zero-order valence-corrected chi connectivity index (χ0v) is 12.0. The Morgan fingerprint density at radius 1 is 1.39 bits per heavy atom. The summed E-state index contributed by atoms with van der Waals surface area (Å²) >= 11 is 0. The Hall–Kier alpha value is -0.880. The summed E-state index contributed by atoms with van der Waals surface area (Å²) in [6.45, 7) is 6.19. The predicted octanol–water partition coefficient (Wildman–Crippen LogP) is 1.98. The average molecular weight is 271 g/mol. The molecule has 0 radical (unpaired) electrons. The van der Waals surface area contributed by atoms with Gasteiger partial charge in [0.2, 0.25) is 10.0 Å². The van der Waals surface area contributed by atoms with Gasteiger partial charge in [0.1, 0.15) is 4.90 Å². The Morgan fingerprint density at radius 3 is 2.50 bits per heavy atom. The standard InChI is InChI=1S/C12H21N3O2S/c1-4-5-8-15(11-6-7-11)18(16,17)12-9(2)13-14-10(12)3/h11H,4-8H2,1-3H3,(H,13,14). The molecule has 0 bridgehead atoms. The van der Waals surface area contributed by atoms with Gasteiger partial charge in [-0.1, -0.05) is 13.3 Å². The maximum Gasteiger partial charge on any atom is 0.246 e. The van der Waals surface area contributed by atoms with Gasteiger partial charge < -0.3 is 0 Å². The minimum atomic E-state index is -3.39. The Morgan fingerprint density at radius 2 is 2.06 bits per heavy atom. The third kappa shape index (κ3) is 2.44. The molecule has 1 aromatic heterocycles. The molecule has 1 heterocycles. The SMILES string of the molecule is CCCCN(C1CC1)S(=O)(=O)c1c(C)n[nH]c1C. The van der Waals surface area contributed by atoms with E-state index in [9.17, 15) is 8.42 Å². The van der Waals surface area contributed by atoms with Gasteiger partial charge in [-0.05, 0) is 33.1 Å². The number of aryl methyl sites for hydroxylation is 2. The molecule has 6 heteroatoms. The fourth-order valence-corrected chi connectivity index (χ4v) is 4.27. The first-order valence-electron chi connectivity index (χ1n) is 6.52. The van der Waals surface area contributed by atoms with Gasteiger partial charge in [0.25, 0.3) is 0 Å². The minimum absolute atomic E-state index is 0.204. The molecule has 102 valence electrons. The second-order valence-corrected chi connectivity index (χ2v) is 6.79. The number of aromatic nitrogens is 2. The molecule has 1 aromatic rings. The fourth-order valence-electron chi connectivity index (χ4n) is 2.21. The van der Waals surface area contributed by atoms with Crippen LogP contribution in [0.4, 0.5) is 0 Å². The number of sulfonamides is 1. The smallest absolute Gasteiger partial charge is 0.246 e. The van der Waals surface area contributed by atoms with Crippen LogP contribution < -0.4 is 0 Å². The lowest BCUT2D eigenvalue weighted by Gasteiger charge is -2.21. The number of H-pyrrole nitrogens is 1. The number of unbranched alkanes of at least 4 members (excludes halogenated alkanes) is 1. The molecule has 5 nitrogen and oxygen atoms in total. The number of nitrogens with one attached hydrogen (secondary N) is 1. The summed E-state index contributed by atoms with van der Waals surface area (Å²) in [6.07, 6.45) is 3.88. The summed E-state index contributed by atoms with van der Waals surface area (Å²) in [5, 5.41) is 6.75. The molecule has 0 atom stereocenters. The van der Waals surface area contributed by atoms with E-state index in [-0.39, 0.29) is 6.04 Å². The number of aromatic amines is 1. The molecule has 0 unspecified atom stereocenters. The summed E-state index contributed by atoms with van der Waals surface area (Å²) in [5.41, 5.74) is 1.20. The first-order valence-corrected chi connectivity index (χ1v) is 7.96. The topological polar surface area (TPSA) is 66.1 Å². The largest absolute Gasteiger partial charge is 0.281 e. The van der Waals surface area contributed by atoms with Crippen LogP contribution in [0.1, 0.15) is 44.0 Å². The molecule has 1 N–H and O–H groups in total. The number of rotatable bonds is 6.